The van der Waals surface area contributed by atoms with E-state index in [1.54, 1.807) is 0 Å². The molecule has 2 aliphatic rings. The van der Waals surface area contributed by atoms with Gasteiger partial charge in [0.15, 0.2) is 0 Å². The second kappa shape index (κ2) is 5.45. The fourth-order valence-corrected chi connectivity index (χ4v) is 4.32. The van der Waals surface area contributed by atoms with E-state index < -0.39 is 0 Å². The third-order valence-corrected chi connectivity index (χ3v) is 5.48. The number of rotatable bonds is 4. The SMILES string of the molecule is CC1CC2C(=O)N(CCc3nc(CCl)cs3)C(=O)C2C1. The molecule has 2 heterocycles. The van der Waals surface area contributed by atoms with Crippen molar-refractivity contribution in [3.8, 4) is 0 Å². The maximum absolute atomic E-state index is 12.3. The lowest BCUT2D eigenvalue weighted by molar-refractivity contribution is -0.140. The van der Waals surface area contributed by atoms with E-state index in [9.17, 15) is 9.59 Å². The summed E-state index contributed by atoms with van der Waals surface area (Å²) in [5.74, 6) is 0.821. The smallest absolute Gasteiger partial charge is 0.233 e. The molecule has 0 aromatic carbocycles. The molecule has 4 nitrogen and oxygen atoms in total. The lowest BCUT2D eigenvalue weighted by Crippen LogP contribution is -2.34. The predicted octanol–water partition coefficient (Wildman–Crippen LogP) is 2.46. The Morgan fingerprint density at radius 3 is 2.55 bits per heavy atom. The average Bonchev–Trinajstić information content (AvgIpc) is 3.08. The van der Waals surface area contributed by atoms with Gasteiger partial charge in [0.05, 0.1) is 28.4 Å². The van der Waals surface area contributed by atoms with Crippen molar-refractivity contribution in [3.05, 3.63) is 16.1 Å². The van der Waals surface area contributed by atoms with Gasteiger partial charge in [-0.1, -0.05) is 6.92 Å². The van der Waals surface area contributed by atoms with Crippen molar-refractivity contribution >= 4 is 34.8 Å². The van der Waals surface area contributed by atoms with E-state index >= 15 is 0 Å². The van der Waals surface area contributed by atoms with Crippen LogP contribution in [0.3, 0.4) is 0 Å². The number of carbonyl (C=O) groups excluding carboxylic acids is 2. The van der Waals surface area contributed by atoms with Crippen LogP contribution in [0.5, 0.6) is 0 Å². The van der Waals surface area contributed by atoms with Gasteiger partial charge in [0.1, 0.15) is 0 Å². The topological polar surface area (TPSA) is 50.3 Å². The second-order valence-electron chi connectivity index (χ2n) is 5.73. The van der Waals surface area contributed by atoms with E-state index in [2.05, 4.69) is 11.9 Å². The van der Waals surface area contributed by atoms with Crippen molar-refractivity contribution in [2.75, 3.05) is 6.54 Å². The molecule has 2 fully saturated rings. The number of nitrogens with zero attached hydrogens (tertiary/aromatic N) is 2. The monoisotopic (exact) mass is 312 g/mol. The van der Waals surface area contributed by atoms with Gasteiger partial charge in [0.2, 0.25) is 11.8 Å². The van der Waals surface area contributed by atoms with Crippen LogP contribution in [-0.2, 0) is 21.9 Å². The molecule has 6 heteroatoms. The number of fused-ring (bicyclic) bond motifs is 1. The van der Waals surface area contributed by atoms with Crippen molar-refractivity contribution in [1.82, 2.24) is 9.88 Å². The second-order valence-corrected chi connectivity index (χ2v) is 6.94. The summed E-state index contributed by atoms with van der Waals surface area (Å²) < 4.78 is 0. The van der Waals surface area contributed by atoms with Crippen LogP contribution in [0.2, 0.25) is 0 Å². The molecular formula is C14H17ClN2O2S. The zero-order valence-electron chi connectivity index (χ0n) is 11.3. The first-order chi connectivity index (χ1) is 9.60. The summed E-state index contributed by atoms with van der Waals surface area (Å²) in [6.45, 7) is 2.57. The Bertz CT molecular complexity index is 521. The summed E-state index contributed by atoms with van der Waals surface area (Å²) in [7, 11) is 0. The van der Waals surface area contributed by atoms with Crippen molar-refractivity contribution in [1.29, 1.82) is 0 Å². The number of alkyl halides is 1. The number of carbonyl (C=O) groups is 2. The Labute approximate surface area is 127 Å². The van der Waals surface area contributed by atoms with Gasteiger partial charge >= 0.3 is 0 Å². The van der Waals surface area contributed by atoms with Gasteiger partial charge in [-0.05, 0) is 18.8 Å². The van der Waals surface area contributed by atoms with E-state index in [4.69, 9.17) is 11.6 Å². The van der Waals surface area contributed by atoms with E-state index in [0.717, 1.165) is 23.5 Å². The Hall–Kier alpha value is -0.940. The maximum atomic E-state index is 12.3. The molecule has 1 aromatic rings. The lowest BCUT2D eigenvalue weighted by atomic mass is 10.00. The molecule has 0 radical (unpaired) electrons. The molecule has 1 aromatic heterocycles. The van der Waals surface area contributed by atoms with Gasteiger partial charge in [-0.25, -0.2) is 4.98 Å². The van der Waals surface area contributed by atoms with Crippen LogP contribution >= 0.6 is 22.9 Å². The van der Waals surface area contributed by atoms with Crippen molar-refractivity contribution < 1.29 is 9.59 Å². The van der Waals surface area contributed by atoms with Crippen molar-refractivity contribution in [2.24, 2.45) is 17.8 Å². The summed E-state index contributed by atoms with van der Waals surface area (Å²) in [4.78, 5) is 30.4. The quantitative estimate of drug-likeness (QED) is 0.634. The summed E-state index contributed by atoms with van der Waals surface area (Å²) in [5, 5.41) is 2.86. The first-order valence-corrected chi connectivity index (χ1v) is 8.36. The number of aromatic nitrogens is 1. The molecule has 20 heavy (non-hydrogen) atoms. The summed E-state index contributed by atoms with van der Waals surface area (Å²) in [6.07, 6.45) is 2.35. The van der Waals surface area contributed by atoms with Crippen LogP contribution in [0, 0.1) is 17.8 Å². The van der Waals surface area contributed by atoms with Gasteiger partial charge < -0.3 is 0 Å². The molecule has 1 aliphatic heterocycles. The highest BCUT2D eigenvalue weighted by Crippen LogP contribution is 2.42. The summed E-state index contributed by atoms with van der Waals surface area (Å²) in [6, 6.07) is 0. The van der Waals surface area contributed by atoms with Gasteiger partial charge in [-0.2, -0.15) is 0 Å². The van der Waals surface area contributed by atoms with E-state index in [-0.39, 0.29) is 23.7 Å². The van der Waals surface area contributed by atoms with Crippen LogP contribution in [-0.4, -0.2) is 28.2 Å². The zero-order chi connectivity index (χ0) is 14.3. The Kier molecular flexibility index (Phi) is 3.82. The van der Waals surface area contributed by atoms with E-state index in [0.29, 0.717) is 24.8 Å². The molecule has 0 bridgehead atoms. The first-order valence-electron chi connectivity index (χ1n) is 6.94. The molecule has 0 spiro atoms. The van der Waals surface area contributed by atoms with Crippen LogP contribution in [0.25, 0.3) is 0 Å². The van der Waals surface area contributed by atoms with Crippen molar-refractivity contribution in [3.63, 3.8) is 0 Å². The minimum absolute atomic E-state index is 0.0264. The normalized spacial score (nSPS) is 29.3. The number of hydrogen-bond acceptors (Lipinski definition) is 4. The summed E-state index contributed by atoms with van der Waals surface area (Å²) in [5.41, 5.74) is 0.858. The van der Waals surface area contributed by atoms with E-state index in [1.807, 2.05) is 5.38 Å². The minimum atomic E-state index is -0.0628. The van der Waals surface area contributed by atoms with Gasteiger partial charge in [-0.15, -0.1) is 22.9 Å². The third kappa shape index (κ3) is 2.37. The molecule has 2 atom stereocenters. The maximum Gasteiger partial charge on any atom is 0.233 e. The molecule has 3 rings (SSSR count). The van der Waals surface area contributed by atoms with E-state index in [1.165, 1.54) is 16.2 Å². The number of amides is 2. The molecule has 108 valence electrons. The number of imide groups is 1. The Morgan fingerprint density at radius 1 is 1.35 bits per heavy atom. The van der Waals surface area contributed by atoms with Gasteiger partial charge in [0, 0.05) is 18.3 Å². The highest BCUT2D eigenvalue weighted by atomic mass is 35.5. The number of halogens is 1. The average molecular weight is 313 g/mol. The molecule has 1 saturated carbocycles. The van der Waals surface area contributed by atoms with Gasteiger partial charge in [-0.3, -0.25) is 14.5 Å². The fourth-order valence-electron chi connectivity index (χ4n) is 3.30. The van der Waals surface area contributed by atoms with Crippen LogP contribution in [0.1, 0.15) is 30.5 Å². The standard InChI is InChI=1S/C14H17ClN2O2S/c1-8-4-10-11(5-8)14(19)17(13(10)18)3-2-12-16-9(6-15)7-20-12/h7-8,10-11H,2-6H2,1H3. The highest BCUT2D eigenvalue weighted by Gasteiger charge is 2.51. The van der Waals surface area contributed by atoms with Crippen LogP contribution in [0.4, 0.5) is 0 Å². The molecule has 1 saturated heterocycles. The molecule has 1 aliphatic carbocycles. The molecule has 2 unspecified atom stereocenters. The van der Waals surface area contributed by atoms with Crippen LogP contribution < -0.4 is 0 Å². The van der Waals surface area contributed by atoms with Crippen molar-refractivity contribution in [2.45, 2.75) is 32.1 Å². The highest BCUT2D eigenvalue weighted by molar-refractivity contribution is 7.09. The molecule has 0 N–H and O–H groups in total. The third-order valence-electron chi connectivity index (χ3n) is 4.25. The number of hydrogen-bond donors (Lipinski definition) is 0. The lowest BCUT2D eigenvalue weighted by Gasteiger charge is -2.15. The molecular weight excluding hydrogens is 296 g/mol. The Balaban J connectivity index is 1.64. The van der Waals surface area contributed by atoms with Gasteiger partial charge in [0.25, 0.3) is 0 Å². The van der Waals surface area contributed by atoms with Crippen LogP contribution in [0.15, 0.2) is 5.38 Å². The minimum Gasteiger partial charge on any atom is -0.282 e. The number of likely N-dealkylation sites (tertiary alicyclic amines) is 1. The summed E-state index contributed by atoms with van der Waals surface area (Å²) >= 11 is 7.25. The Morgan fingerprint density at radius 2 is 2.00 bits per heavy atom. The largest absolute Gasteiger partial charge is 0.282 e. The zero-order valence-corrected chi connectivity index (χ0v) is 12.9. The molecule has 2 amide bonds. The fraction of sp³-hybridized carbons (Fsp3) is 0.643. The predicted molar refractivity (Wildman–Crippen MR) is 77.5 cm³/mol. The first kappa shape index (κ1) is 14.0. The number of thiazole rings is 1.